The second-order valence-electron chi connectivity index (χ2n) is 4.43. The van der Waals surface area contributed by atoms with Gasteiger partial charge in [-0.3, -0.25) is 0 Å². The van der Waals surface area contributed by atoms with E-state index in [1.807, 2.05) is 4.68 Å². The Morgan fingerprint density at radius 1 is 1.18 bits per heavy atom. The summed E-state index contributed by atoms with van der Waals surface area (Å²) in [5.41, 5.74) is 1.05. The van der Waals surface area contributed by atoms with E-state index in [0.29, 0.717) is 6.42 Å². The minimum absolute atomic E-state index is 0.203. The predicted molar refractivity (Wildman–Crippen MR) is 62.2 cm³/mol. The van der Waals surface area contributed by atoms with Crippen LogP contribution in [0.4, 0.5) is 4.39 Å². The van der Waals surface area contributed by atoms with E-state index in [1.54, 1.807) is 12.1 Å². The third-order valence-corrected chi connectivity index (χ3v) is 3.09. The molecule has 88 valence electrons. The van der Waals surface area contributed by atoms with Crippen molar-refractivity contribution in [1.29, 1.82) is 0 Å². The number of halogens is 1. The third-order valence-electron chi connectivity index (χ3n) is 3.09. The van der Waals surface area contributed by atoms with E-state index in [1.165, 1.54) is 25.0 Å². The van der Waals surface area contributed by atoms with Crippen LogP contribution in [0.1, 0.15) is 30.1 Å². The monoisotopic (exact) mass is 231 g/mol. The van der Waals surface area contributed by atoms with Gasteiger partial charge in [0.25, 0.3) is 0 Å². The standard InChI is InChI=1S/C13H14FN3/c14-11-6-4-10(5-7-11)9-12-15-13-3-1-2-8-17(13)16-12/h4-7H,1-3,8-9H2. The van der Waals surface area contributed by atoms with Crippen LogP contribution < -0.4 is 0 Å². The summed E-state index contributed by atoms with van der Waals surface area (Å²) in [7, 11) is 0. The molecule has 2 heterocycles. The van der Waals surface area contributed by atoms with Crippen LogP contribution >= 0.6 is 0 Å². The summed E-state index contributed by atoms with van der Waals surface area (Å²) >= 11 is 0. The molecule has 4 heteroatoms. The minimum Gasteiger partial charge on any atom is -0.250 e. The smallest absolute Gasteiger partial charge is 0.155 e. The van der Waals surface area contributed by atoms with Crippen LogP contribution in [-0.2, 0) is 19.4 Å². The first kappa shape index (κ1) is 10.4. The van der Waals surface area contributed by atoms with Crippen LogP contribution in [-0.4, -0.2) is 14.8 Å². The molecule has 0 atom stereocenters. The zero-order valence-electron chi connectivity index (χ0n) is 9.56. The Balaban J connectivity index is 1.80. The highest BCUT2D eigenvalue weighted by Crippen LogP contribution is 2.14. The lowest BCUT2D eigenvalue weighted by atomic mass is 10.1. The number of aromatic nitrogens is 3. The molecule has 0 N–H and O–H groups in total. The Hall–Kier alpha value is -1.71. The van der Waals surface area contributed by atoms with Gasteiger partial charge in [-0.1, -0.05) is 12.1 Å². The normalized spacial score (nSPS) is 14.6. The average molecular weight is 231 g/mol. The summed E-state index contributed by atoms with van der Waals surface area (Å²) in [4.78, 5) is 4.53. The topological polar surface area (TPSA) is 30.7 Å². The molecule has 0 spiro atoms. The number of fused-ring (bicyclic) bond motifs is 1. The first-order valence-corrected chi connectivity index (χ1v) is 5.98. The molecule has 1 aliphatic heterocycles. The van der Waals surface area contributed by atoms with Gasteiger partial charge in [0.15, 0.2) is 5.82 Å². The molecule has 0 aliphatic carbocycles. The molecule has 0 fully saturated rings. The SMILES string of the molecule is Fc1ccc(Cc2nc3n(n2)CCCC3)cc1. The van der Waals surface area contributed by atoms with Crippen molar-refractivity contribution in [3.8, 4) is 0 Å². The molecular weight excluding hydrogens is 217 g/mol. The minimum atomic E-state index is -0.203. The number of benzene rings is 1. The van der Waals surface area contributed by atoms with Gasteiger partial charge in [-0.15, -0.1) is 0 Å². The molecule has 0 saturated carbocycles. The van der Waals surface area contributed by atoms with E-state index in [4.69, 9.17) is 0 Å². The van der Waals surface area contributed by atoms with E-state index < -0.39 is 0 Å². The molecular formula is C13H14FN3. The molecule has 3 nitrogen and oxygen atoms in total. The van der Waals surface area contributed by atoms with Gasteiger partial charge in [0.05, 0.1) is 0 Å². The fourth-order valence-electron chi connectivity index (χ4n) is 2.19. The molecule has 1 aromatic heterocycles. The van der Waals surface area contributed by atoms with Crippen LogP contribution in [0, 0.1) is 5.82 Å². The summed E-state index contributed by atoms with van der Waals surface area (Å²) < 4.78 is 14.8. The maximum atomic E-state index is 12.8. The first-order chi connectivity index (χ1) is 8.31. The number of hydrogen-bond acceptors (Lipinski definition) is 2. The third kappa shape index (κ3) is 2.20. The summed E-state index contributed by atoms with van der Waals surface area (Å²) in [6.07, 6.45) is 4.09. The molecule has 3 rings (SSSR count). The van der Waals surface area contributed by atoms with E-state index in [9.17, 15) is 4.39 Å². The van der Waals surface area contributed by atoms with Crippen molar-refractivity contribution in [1.82, 2.24) is 14.8 Å². The van der Waals surface area contributed by atoms with Crippen molar-refractivity contribution < 1.29 is 4.39 Å². The molecule has 17 heavy (non-hydrogen) atoms. The van der Waals surface area contributed by atoms with Gasteiger partial charge in [0.1, 0.15) is 11.6 Å². The van der Waals surface area contributed by atoms with Gasteiger partial charge in [0, 0.05) is 19.4 Å². The van der Waals surface area contributed by atoms with Gasteiger partial charge in [-0.05, 0) is 30.5 Å². The van der Waals surface area contributed by atoms with Crippen LogP contribution in [0.15, 0.2) is 24.3 Å². The van der Waals surface area contributed by atoms with Gasteiger partial charge >= 0.3 is 0 Å². The number of rotatable bonds is 2. The van der Waals surface area contributed by atoms with Crippen molar-refractivity contribution >= 4 is 0 Å². The lowest BCUT2D eigenvalue weighted by Gasteiger charge is -2.09. The van der Waals surface area contributed by atoms with E-state index in [0.717, 1.165) is 30.2 Å². The molecule has 1 aromatic carbocycles. The molecule has 0 amide bonds. The van der Waals surface area contributed by atoms with Gasteiger partial charge in [0.2, 0.25) is 0 Å². The second kappa shape index (κ2) is 4.28. The largest absolute Gasteiger partial charge is 0.250 e. The second-order valence-corrected chi connectivity index (χ2v) is 4.43. The van der Waals surface area contributed by atoms with Crippen LogP contribution in [0.5, 0.6) is 0 Å². The quantitative estimate of drug-likeness (QED) is 0.794. The molecule has 0 radical (unpaired) electrons. The van der Waals surface area contributed by atoms with Crippen molar-refractivity contribution in [2.75, 3.05) is 0 Å². The molecule has 0 saturated heterocycles. The number of aryl methyl sites for hydroxylation is 2. The molecule has 0 bridgehead atoms. The molecule has 0 unspecified atom stereocenters. The van der Waals surface area contributed by atoms with Crippen molar-refractivity contribution in [2.45, 2.75) is 32.2 Å². The van der Waals surface area contributed by atoms with Crippen molar-refractivity contribution in [2.24, 2.45) is 0 Å². The summed E-state index contributed by atoms with van der Waals surface area (Å²) in [5.74, 6) is 1.73. The zero-order chi connectivity index (χ0) is 11.7. The number of hydrogen-bond donors (Lipinski definition) is 0. The first-order valence-electron chi connectivity index (χ1n) is 5.98. The summed E-state index contributed by atoms with van der Waals surface area (Å²) in [6.45, 7) is 0.978. The highest BCUT2D eigenvalue weighted by molar-refractivity contribution is 5.19. The van der Waals surface area contributed by atoms with E-state index in [-0.39, 0.29) is 5.82 Å². The van der Waals surface area contributed by atoms with Crippen LogP contribution in [0.25, 0.3) is 0 Å². The number of nitrogens with zero attached hydrogens (tertiary/aromatic N) is 3. The zero-order valence-corrected chi connectivity index (χ0v) is 9.56. The lowest BCUT2D eigenvalue weighted by Crippen LogP contribution is -2.11. The van der Waals surface area contributed by atoms with Crippen LogP contribution in [0.3, 0.4) is 0 Å². The van der Waals surface area contributed by atoms with Crippen molar-refractivity contribution in [3.63, 3.8) is 0 Å². The average Bonchev–Trinajstić information content (AvgIpc) is 2.74. The van der Waals surface area contributed by atoms with Crippen LogP contribution in [0.2, 0.25) is 0 Å². The Bertz CT molecular complexity index is 492. The van der Waals surface area contributed by atoms with E-state index >= 15 is 0 Å². The van der Waals surface area contributed by atoms with Gasteiger partial charge in [-0.25, -0.2) is 14.1 Å². The maximum absolute atomic E-state index is 12.8. The Morgan fingerprint density at radius 2 is 2.00 bits per heavy atom. The van der Waals surface area contributed by atoms with Gasteiger partial charge in [-0.2, -0.15) is 5.10 Å². The fraction of sp³-hybridized carbons (Fsp3) is 0.385. The fourth-order valence-corrected chi connectivity index (χ4v) is 2.19. The molecule has 1 aliphatic rings. The predicted octanol–water partition coefficient (Wildman–Crippen LogP) is 2.34. The summed E-state index contributed by atoms with van der Waals surface area (Å²) in [5, 5.41) is 4.48. The highest BCUT2D eigenvalue weighted by atomic mass is 19.1. The highest BCUT2D eigenvalue weighted by Gasteiger charge is 2.13. The Kier molecular flexibility index (Phi) is 2.63. The van der Waals surface area contributed by atoms with Gasteiger partial charge < -0.3 is 0 Å². The maximum Gasteiger partial charge on any atom is 0.155 e. The van der Waals surface area contributed by atoms with Crippen molar-refractivity contribution in [3.05, 3.63) is 47.3 Å². The Morgan fingerprint density at radius 3 is 2.76 bits per heavy atom. The summed E-state index contributed by atoms with van der Waals surface area (Å²) in [6, 6.07) is 6.53. The Labute approximate surface area is 99.3 Å². The lowest BCUT2D eigenvalue weighted by molar-refractivity contribution is 0.478. The molecule has 2 aromatic rings. The van der Waals surface area contributed by atoms with E-state index in [2.05, 4.69) is 10.1 Å².